The minimum absolute atomic E-state index is 0.288. The van der Waals surface area contributed by atoms with Crippen molar-refractivity contribution in [2.75, 3.05) is 0 Å². The van der Waals surface area contributed by atoms with Crippen LogP contribution in [-0.2, 0) is 14.4 Å². The molecule has 0 spiro atoms. The van der Waals surface area contributed by atoms with Crippen molar-refractivity contribution in [3.63, 3.8) is 0 Å². The van der Waals surface area contributed by atoms with Gasteiger partial charge in [-0.05, 0) is 30.9 Å². The van der Waals surface area contributed by atoms with E-state index in [2.05, 4.69) is 5.32 Å². The summed E-state index contributed by atoms with van der Waals surface area (Å²) in [4.78, 5) is 35.4. The Morgan fingerprint density at radius 1 is 1.06 bits per heavy atom. The van der Waals surface area contributed by atoms with Gasteiger partial charge in [-0.3, -0.25) is 19.7 Å². The van der Waals surface area contributed by atoms with Gasteiger partial charge in [0.1, 0.15) is 0 Å². The lowest BCUT2D eigenvalue weighted by atomic mass is 9.52. The van der Waals surface area contributed by atoms with E-state index in [0.29, 0.717) is 19.3 Å². The second-order valence-electron chi connectivity index (χ2n) is 6.27. The second kappa shape index (κ2) is 3.31. The van der Waals surface area contributed by atoms with Crippen molar-refractivity contribution in [3.05, 3.63) is 0 Å². The number of hydrogen-bond donors (Lipinski definition) is 1. The van der Waals surface area contributed by atoms with Crippen molar-refractivity contribution < 1.29 is 14.4 Å². The molecule has 2 aliphatic rings. The highest BCUT2D eigenvalue weighted by molar-refractivity contribution is 6.64. The molecular formula is C12H16ClNO3. The first kappa shape index (κ1) is 12.6. The molecule has 17 heavy (non-hydrogen) atoms. The van der Waals surface area contributed by atoms with Gasteiger partial charge in [0.15, 0.2) is 0 Å². The summed E-state index contributed by atoms with van der Waals surface area (Å²) in [5.74, 6) is -0.576. The zero-order chi connectivity index (χ0) is 13.1. The van der Waals surface area contributed by atoms with Crippen LogP contribution in [0.25, 0.3) is 0 Å². The van der Waals surface area contributed by atoms with Crippen molar-refractivity contribution >= 4 is 28.7 Å². The predicted molar refractivity (Wildman–Crippen MR) is 62.2 cm³/mol. The first-order chi connectivity index (χ1) is 7.61. The molecular weight excluding hydrogens is 242 g/mol. The van der Waals surface area contributed by atoms with E-state index in [1.165, 1.54) is 0 Å². The number of carbonyl (C=O) groups is 3. The van der Waals surface area contributed by atoms with Gasteiger partial charge in [0.25, 0.3) is 0 Å². The summed E-state index contributed by atoms with van der Waals surface area (Å²) < 4.78 is 0. The van der Waals surface area contributed by atoms with Crippen molar-refractivity contribution in [2.45, 2.75) is 40.0 Å². The van der Waals surface area contributed by atoms with Gasteiger partial charge >= 0.3 is 0 Å². The summed E-state index contributed by atoms with van der Waals surface area (Å²) in [6.07, 6.45) is 1.29. The number of carbonyl (C=O) groups excluding carboxylic acids is 3. The van der Waals surface area contributed by atoms with E-state index in [1.807, 2.05) is 0 Å². The maximum Gasteiger partial charge on any atom is 0.232 e. The summed E-state index contributed by atoms with van der Waals surface area (Å²) in [5.41, 5.74) is -2.16. The van der Waals surface area contributed by atoms with E-state index in [9.17, 15) is 14.4 Å². The number of rotatable bonds is 1. The topological polar surface area (TPSA) is 63.2 Å². The van der Waals surface area contributed by atoms with Crippen LogP contribution >= 0.6 is 11.6 Å². The molecule has 1 saturated heterocycles. The number of halogens is 1. The summed E-state index contributed by atoms with van der Waals surface area (Å²) in [6, 6.07) is 0. The fraction of sp³-hybridized carbons (Fsp3) is 0.750. The Morgan fingerprint density at radius 3 is 1.82 bits per heavy atom. The Bertz CT molecular complexity index is 401. The molecule has 0 aromatic heterocycles. The van der Waals surface area contributed by atoms with Crippen LogP contribution < -0.4 is 5.32 Å². The van der Waals surface area contributed by atoms with Crippen molar-refractivity contribution in [1.29, 1.82) is 0 Å². The zero-order valence-corrected chi connectivity index (χ0v) is 11.0. The largest absolute Gasteiger partial charge is 0.296 e. The first-order valence-corrected chi connectivity index (χ1v) is 6.05. The summed E-state index contributed by atoms with van der Waals surface area (Å²) >= 11 is 5.65. The van der Waals surface area contributed by atoms with Crippen LogP contribution in [-0.4, -0.2) is 17.1 Å². The number of fused-ring (bicyclic) bond motifs is 2. The standard InChI is InChI=1S/C12H16ClNO3/c1-10(7(13)15)4-11(2)6-12(3,5-10)9(17)14-8(11)16/h4-6H2,1-3H3,(H,14,16,17). The highest BCUT2D eigenvalue weighted by Gasteiger charge is 2.60. The molecule has 1 aliphatic heterocycles. The van der Waals surface area contributed by atoms with Crippen molar-refractivity contribution in [1.82, 2.24) is 5.32 Å². The third kappa shape index (κ3) is 1.69. The van der Waals surface area contributed by atoms with Gasteiger partial charge in [-0.15, -0.1) is 0 Å². The van der Waals surface area contributed by atoms with E-state index >= 15 is 0 Å². The lowest BCUT2D eigenvalue weighted by molar-refractivity contribution is -0.162. The molecule has 0 aromatic carbocycles. The Morgan fingerprint density at radius 2 is 1.47 bits per heavy atom. The molecule has 2 fully saturated rings. The Balaban J connectivity index is 2.48. The minimum Gasteiger partial charge on any atom is -0.296 e. The Kier molecular flexibility index (Phi) is 2.45. The molecule has 0 aromatic rings. The smallest absolute Gasteiger partial charge is 0.232 e. The van der Waals surface area contributed by atoms with E-state index in [1.54, 1.807) is 20.8 Å². The van der Waals surface area contributed by atoms with Crippen LogP contribution in [0.2, 0.25) is 0 Å². The fourth-order valence-corrected chi connectivity index (χ4v) is 3.77. The summed E-state index contributed by atoms with van der Waals surface area (Å²) in [5, 5.41) is 1.95. The van der Waals surface area contributed by atoms with Crippen LogP contribution in [0.3, 0.4) is 0 Å². The number of amides is 2. The van der Waals surface area contributed by atoms with E-state index < -0.39 is 21.5 Å². The molecule has 1 saturated carbocycles. The monoisotopic (exact) mass is 257 g/mol. The molecule has 1 heterocycles. The van der Waals surface area contributed by atoms with E-state index in [4.69, 9.17) is 11.6 Å². The molecule has 2 atom stereocenters. The number of nitrogens with one attached hydrogen (secondary N) is 1. The van der Waals surface area contributed by atoms with Gasteiger partial charge in [0.05, 0.1) is 0 Å². The van der Waals surface area contributed by atoms with Gasteiger partial charge in [0.2, 0.25) is 17.1 Å². The highest BCUT2D eigenvalue weighted by Crippen LogP contribution is 2.57. The minimum atomic E-state index is -0.795. The van der Waals surface area contributed by atoms with Crippen LogP contribution in [0.5, 0.6) is 0 Å². The normalized spacial score (nSPS) is 45.4. The highest BCUT2D eigenvalue weighted by atomic mass is 35.5. The summed E-state index contributed by atoms with van der Waals surface area (Å²) in [6.45, 7) is 5.33. The van der Waals surface area contributed by atoms with Gasteiger partial charge < -0.3 is 0 Å². The third-order valence-electron chi connectivity index (χ3n) is 4.14. The Labute approximate surface area is 105 Å². The lowest BCUT2D eigenvalue weighted by Crippen LogP contribution is -2.62. The molecule has 4 nitrogen and oxygen atoms in total. The van der Waals surface area contributed by atoms with Crippen molar-refractivity contribution in [2.24, 2.45) is 16.2 Å². The van der Waals surface area contributed by atoms with Crippen LogP contribution in [0.4, 0.5) is 0 Å². The Hall–Kier alpha value is -0.900. The predicted octanol–water partition coefficient (Wildman–Crippen LogP) is 1.61. The van der Waals surface area contributed by atoms with E-state index in [-0.39, 0.29) is 11.8 Å². The molecule has 5 heteroatoms. The number of hydrogen-bond acceptors (Lipinski definition) is 3. The molecule has 94 valence electrons. The van der Waals surface area contributed by atoms with Gasteiger partial charge in [0, 0.05) is 16.2 Å². The average molecular weight is 258 g/mol. The lowest BCUT2D eigenvalue weighted by Gasteiger charge is -2.52. The third-order valence-corrected chi connectivity index (χ3v) is 4.60. The van der Waals surface area contributed by atoms with Crippen LogP contribution in [0, 0.1) is 16.2 Å². The maximum atomic E-state index is 11.9. The molecule has 1 aliphatic carbocycles. The van der Waals surface area contributed by atoms with Crippen LogP contribution in [0.1, 0.15) is 40.0 Å². The summed E-state index contributed by atoms with van der Waals surface area (Å²) in [7, 11) is 0. The fourth-order valence-electron chi connectivity index (χ4n) is 3.64. The molecule has 2 bridgehead atoms. The van der Waals surface area contributed by atoms with E-state index in [0.717, 1.165) is 0 Å². The molecule has 2 unspecified atom stereocenters. The van der Waals surface area contributed by atoms with Gasteiger partial charge in [-0.2, -0.15) is 0 Å². The maximum absolute atomic E-state index is 11.9. The average Bonchev–Trinajstić information content (AvgIpc) is 2.13. The first-order valence-electron chi connectivity index (χ1n) is 5.67. The molecule has 2 amide bonds. The molecule has 1 N–H and O–H groups in total. The second-order valence-corrected chi connectivity index (χ2v) is 6.61. The zero-order valence-electron chi connectivity index (χ0n) is 10.2. The number of piperidine rings is 1. The number of imide groups is 1. The van der Waals surface area contributed by atoms with Gasteiger partial charge in [-0.1, -0.05) is 20.8 Å². The van der Waals surface area contributed by atoms with Crippen LogP contribution in [0.15, 0.2) is 0 Å². The van der Waals surface area contributed by atoms with Gasteiger partial charge in [-0.25, -0.2) is 0 Å². The SMILES string of the molecule is CC1(C(=O)Cl)CC2(C)CC(C)(C1)C(=O)NC2=O. The van der Waals surface area contributed by atoms with Crippen molar-refractivity contribution in [3.8, 4) is 0 Å². The quantitative estimate of drug-likeness (QED) is 0.573. The molecule has 2 rings (SSSR count). The molecule has 0 radical (unpaired) electrons.